The Morgan fingerprint density at radius 2 is 1.69 bits per heavy atom. The summed E-state index contributed by atoms with van der Waals surface area (Å²) in [5.74, 6) is 0. The van der Waals surface area contributed by atoms with Gasteiger partial charge in [-0.05, 0) is 26.3 Å². The van der Waals surface area contributed by atoms with Crippen molar-refractivity contribution in [2.24, 2.45) is 0 Å². The van der Waals surface area contributed by atoms with Crippen molar-refractivity contribution >= 4 is 9.84 Å². The van der Waals surface area contributed by atoms with Crippen molar-refractivity contribution in [3.05, 3.63) is 35.9 Å². The molecule has 0 N–H and O–H groups in total. The van der Waals surface area contributed by atoms with E-state index < -0.39 is 20.0 Å². The molecule has 16 heavy (non-hydrogen) atoms. The predicted molar refractivity (Wildman–Crippen MR) is 62.7 cm³/mol. The molecule has 1 aromatic carbocycles. The van der Waals surface area contributed by atoms with Crippen molar-refractivity contribution in [1.82, 2.24) is 0 Å². The van der Waals surface area contributed by atoms with Crippen LogP contribution >= 0.6 is 0 Å². The van der Waals surface area contributed by atoms with Crippen LogP contribution in [0.4, 0.5) is 0 Å². The lowest BCUT2D eigenvalue weighted by molar-refractivity contribution is 0.396. The van der Waals surface area contributed by atoms with Crippen LogP contribution < -0.4 is 0 Å². The van der Waals surface area contributed by atoms with E-state index in [1.165, 1.54) is 0 Å². The molecule has 0 saturated carbocycles. The average Bonchev–Trinajstić information content (AvgIpc) is 2.97. The molecule has 2 rings (SSSR count). The van der Waals surface area contributed by atoms with E-state index in [4.69, 9.17) is 4.74 Å². The first-order valence-electron chi connectivity index (χ1n) is 5.28. The molecular formula is C12H16O3S. The highest BCUT2D eigenvalue weighted by atomic mass is 32.2. The zero-order valence-corrected chi connectivity index (χ0v) is 10.5. The van der Waals surface area contributed by atoms with Crippen molar-refractivity contribution in [2.75, 3.05) is 0 Å². The van der Waals surface area contributed by atoms with Gasteiger partial charge in [-0.1, -0.05) is 30.3 Å². The largest absolute Gasteiger partial charge is 0.347 e. The number of hydrogen-bond acceptors (Lipinski definition) is 3. The van der Waals surface area contributed by atoms with Gasteiger partial charge in [0.25, 0.3) is 0 Å². The van der Waals surface area contributed by atoms with Gasteiger partial charge in [-0.25, -0.2) is 8.42 Å². The van der Waals surface area contributed by atoms with Gasteiger partial charge in [-0.3, -0.25) is 0 Å². The Hall–Kier alpha value is -0.870. The minimum Gasteiger partial charge on any atom is -0.347 e. The second-order valence-electron chi connectivity index (χ2n) is 4.99. The van der Waals surface area contributed by atoms with Gasteiger partial charge in [0.1, 0.15) is 6.10 Å². The number of benzene rings is 1. The van der Waals surface area contributed by atoms with Crippen LogP contribution in [0.15, 0.2) is 30.3 Å². The number of ether oxygens (including phenoxy) is 1. The van der Waals surface area contributed by atoms with E-state index >= 15 is 0 Å². The van der Waals surface area contributed by atoms with Gasteiger partial charge in [0.05, 0.1) is 4.75 Å². The molecule has 1 aromatic rings. The van der Waals surface area contributed by atoms with Gasteiger partial charge < -0.3 is 4.74 Å². The van der Waals surface area contributed by atoms with E-state index in [0.717, 1.165) is 5.56 Å². The molecule has 2 atom stereocenters. The summed E-state index contributed by atoms with van der Waals surface area (Å²) < 4.78 is 28.7. The monoisotopic (exact) mass is 240 g/mol. The van der Waals surface area contributed by atoms with Crippen LogP contribution in [0.5, 0.6) is 0 Å². The smallest absolute Gasteiger partial charge is 0.190 e. The third-order valence-electron chi connectivity index (χ3n) is 2.74. The fraction of sp³-hybridized carbons (Fsp3) is 0.500. The Bertz CT molecular complexity index is 471. The fourth-order valence-electron chi connectivity index (χ4n) is 1.56. The highest BCUT2D eigenvalue weighted by Crippen LogP contribution is 2.45. The van der Waals surface area contributed by atoms with Gasteiger partial charge in [0.15, 0.2) is 15.3 Å². The van der Waals surface area contributed by atoms with E-state index in [1.54, 1.807) is 20.8 Å². The van der Waals surface area contributed by atoms with Crippen LogP contribution in [0, 0.1) is 0 Å². The Balaban J connectivity index is 2.20. The first-order chi connectivity index (χ1) is 7.34. The Morgan fingerprint density at radius 1 is 1.12 bits per heavy atom. The van der Waals surface area contributed by atoms with Crippen LogP contribution in [0.1, 0.15) is 32.4 Å². The summed E-state index contributed by atoms with van der Waals surface area (Å²) in [6, 6.07) is 9.46. The maximum atomic E-state index is 12.1. The molecular weight excluding hydrogens is 224 g/mol. The highest BCUT2D eigenvalue weighted by molar-refractivity contribution is 7.93. The van der Waals surface area contributed by atoms with Crippen molar-refractivity contribution in [3.8, 4) is 0 Å². The van der Waals surface area contributed by atoms with E-state index in [-0.39, 0.29) is 6.10 Å². The van der Waals surface area contributed by atoms with Crippen LogP contribution in [0.3, 0.4) is 0 Å². The summed E-state index contributed by atoms with van der Waals surface area (Å²) in [4.78, 5) is 0. The lowest BCUT2D eigenvalue weighted by Crippen LogP contribution is -2.31. The van der Waals surface area contributed by atoms with Crippen LogP contribution in [0.25, 0.3) is 0 Å². The number of hydrogen-bond donors (Lipinski definition) is 0. The lowest BCUT2D eigenvalue weighted by atomic mass is 10.2. The SMILES string of the molecule is CC(C)(C)S(=O)(=O)[C@@H]1O[C@H]1c1ccccc1. The molecule has 0 spiro atoms. The molecule has 0 aliphatic carbocycles. The minimum atomic E-state index is -3.22. The summed E-state index contributed by atoms with van der Waals surface area (Å²) in [7, 11) is -3.22. The average molecular weight is 240 g/mol. The normalized spacial score (nSPS) is 25.4. The molecule has 0 aromatic heterocycles. The standard InChI is InChI=1S/C12H16O3S/c1-12(2,3)16(13,14)11-10(15-11)9-7-5-4-6-8-9/h4-8,10-11H,1-3H3/t10-,11-/m0/s1. The van der Waals surface area contributed by atoms with Crippen LogP contribution in [-0.4, -0.2) is 18.6 Å². The Kier molecular flexibility index (Phi) is 2.59. The molecule has 0 unspecified atom stereocenters. The molecule has 1 fully saturated rings. The lowest BCUT2D eigenvalue weighted by Gasteiger charge is -2.17. The fourth-order valence-corrected chi connectivity index (χ4v) is 3.01. The summed E-state index contributed by atoms with van der Waals surface area (Å²) in [6.45, 7) is 5.10. The van der Waals surface area contributed by atoms with Crippen molar-refractivity contribution in [2.45, 2.75) is 37.1 Å². The molecule has 1 saturated heterocycles. The van der Waals surface area contributed by atoms with Gasteiger partial charge in [0.2, 0.25) is 0 Å². The van der Waals surface area contributed by atoms with Crippen LogP contribution in [0.2, 0.25) is 0 Å². The first kappa shape index (κ1) is 11.6. The van der Waals surface area contributed by atoms with Crippen molar-refractivity contribution in [1.29, 1.82) is 0 Å². The zero-order valence-electron chi connectivity index (χ0n) is 9.67. The topological polar surface area (TPSA) is 46.7 Å². The number of rotatable bonds is 2. The van der Waals surface area contributed by atoms with Crippen molar-refractivity contribution in [3.63, 3.8) is 0 Å². The summed E-state index contributed by atoms with van der Waals surface area (Å²) in [5, 5.41) is 0. The van der Waals surface area contributed by atoms with E-state index in [1.807, 2.05) is 30.3 Å². The maximum Gasteiger partial charge on any atom is 0.190 e. The number of epoxide rings is 1. The third kappa shape index (κ3) is 1.87. The summed E-state index contributed by atoms with van der Waals surface area (Å²) in [6.07, 6.45) is -0.287. The summed E-state index contributed by atoms with van der Waals surface area (Å²) in [5.41, 5.74) is 0.259. The zero-order chi connectivity index (χ0) is 12.0. The Labute approximate surface area is 96.4 Å². The van der Waals surface area contributed by atoms with E-state index in [0.29, 0.717) is 0 Å². The number of sulfone groups is 1. The quantitative estimate of drug-likeness (QED) is 0.745. The maximum absolute atomic E-state index is 12.1. The molecule has 1 aliphatic rings. The molecule has 88 valence electrons. The van der Waals surface area contributed by atoms with Gasteiger partial charge in [0, 0.05) is 0 Å². The van der Waals surface area contributed by atoms with Gasteiger partial charge in [-0.2, -0.15) is 0 Å². The van der Waals surface area contributed by atoms with Crippen LogP contribution in [-0.2, 0) is 14.6 Å². The molecule has 1 heterocycles. The highest BCUT2D eigenvalue weighted by Gasteiger charge is 2.54. The second kappa shape index (κ2) is 3.57. The molecule has 0 bridgehead atoms. The Morgan fingerprint density at radius 3 is 2.19 bits per heavy atom. The summed E-state index contributed by atoms with van der Waals surface area (Å²) >= 11 is 0. The van der Waals surface area contributed by atoms with Gasteiger partial charge in [-0.15, -0.1) is 0 Å². The van der Waals surface area contributed by atoms with E-state index in [9.17, 15) is 8.42 Å². The van der Waals surface area contributed by atoms with Crippen molar-refractivity contribution < 1.29 is 13.2 Å². The third-order valence-corrected chi connectivity index (χ3v) is 5.42. The molecule has 0 amide bonds. The van der Waals surface area contributed by atoms with E-state index in [2.05, 4.69) is 0 Å². The first-order valence-corrected chi connectivity index (χ1v) is 6.82. The molecule has 1 aliphatic heterocycles. The molecule has 0 radical (unpaired) electrons. The van der Waals surface area contributed by atoms with Gasteiger partial charge >= 0.3 is 0 Å². The molecule has 3 nitrogen and oxygen atoms in total. The molecule has 4 heteroatoms. The minimum absolute atomic E-state index is 0.287. The second-order valence-corrected chi connectivity index (χ2v) is 7.77. The predicted octanol–water partition coefficient (Wildman–Crippen LogP) is 2.30.